The van der Waals surface area contributed by atoms with Crippen LogP contribution in [0, 0.1) is 0 Å². The Hall–Kier alpha value is -2.63. The molecule has 0 bridgehead atoms. The minimum atomic E-state index is -0.787. The van der Waals surface area contributed by atoms with Crippen molar-refractivity contribution in [3.8, 4) is 0 Å². The van der Waals surface area contributed by atoms with Crippen molar-refractivity contribution in [3.63, 3.8) is 0 Å². The van der Waals surface area contributed by atoms with Crippen LogP contribution in [0.1, 0.15) is 400 Å². The first-order chi connectivity index (χ1) is 40.5. The van der Waals surface area contributed by atoms with Gasteiger partial charge in [-0.05, 0) is 77.0 Å². The van der Waals surface area contributed by atoms with Crippen molar-refractivity contribution in [3.05, 3.63) is 48.6 Å². The Morgan fingerprint density at radius 3 is 0.768 bits per heavy atom. The van der Waals surface area contributed by atoms with Gasteiger partial charge >= 0.3 is 17.9 Å². The van der Waals surface area contributed by atoms with Crippen molar-refractivity contribution in [2.24, 2.45) is 0 Å². The van der Waals surface area contributed by atoms with Crippen LogP contribution in [0.5, 0.6) is 0 Å². The van der Waals surface area contributed by atoms with Crippen molar-refractivity contribution >= 4 is 17.9 Å². The van der Waals surface area contributed by atoms with Gasteiger partial charge in [-0.25, -0.2) is 0 Å². The Balaban J connectivity index is 4.09. The molecule has 0 rings (SSSR count). The lowest BCUT2D eigenvalue weighted by molar-refractivity contribution is -0.167. The number of carbonyl (C=O) groups excluding carboxylic acids is 3. The van der Waals surface area contributed by atoms with Crippen molar-refractivity contribution in [1.29, 1.82) is 0 Å². The van der Waals surface area contributed by atoms with E-state index in [1.165, 1.54) is 276 Å². The fraction of sp³-hybridized carbons (Fsp3) is 0.855. The van der Waals surface area contributed by atoms with Crippen LogP contribution < -0.4 is 0 Å². The van der Waals surface area contributed by atoms with E-state index in [2.05, 4.69) is 69.4 Å². The predicted octanol–water partition coefficient (Wildman–Crippen LogP) is 25.3. The summed E-state index contributed by atoms with van der Waals surface area (Å²) in [5.74, 6) is -0.893. The first-order valence-electron chi connectivity index (χ1n) is 36.6. The Bertz CT molecular complexity index is 1410. The van der Waals surface area contributed by atoms with Crippen LogP contribution >= 0.6 is 0 Å². The first-order valence-corrected chi connectivity index (χ1v) is 36.6. The van der Waals surface area contributed by atoms with Crippen LogP contribution in [0.15, 0.2) is 48.6 Å². The second kappa shape index (κ2) is 70.9. The van der Waals surface area contributed by atoms with Gasteiger partial charge < -0.3 is 14.2 Å². The van der Waals surface area contributed by atoms with Gasteiger partial charge in [-0.1, -0.05) is 352 Å². The average molecular weight is 1150 g/mol. The predicted molar refractivity (Wildman–Crippen MR) is 358 cm³/mol. The van der Waals surface area contributed by atoms with Crippen molar-refractivity contribution < 1.29 is 28.6 Å². The summed E-state index contributed by atoms with van der Waals surface area (Å²) in [5.41, 5.74) is 0. The summed E-state index contributed by atoms with van der Waals surface area (Å²) in [5, 5.41) is 0. The molecule has 0 saturated heterocycles. The third-order valence-corrected chi connectivity index (χ3v) is 16.6. The van der Waals surface area contributed by atoms with E-state index in [4.69, 9.17) is 14.2 Å². The fourth-order valence-corrected chi connectivity index (χ4v) is 11.1. The van der Waals surface area contributed by atoms with Gasteiger partial charge in [0.05, 0.1) is 0 Å². The van der Waals surface area contributed by atoms with Crippen LogP contribution in [0.3, 0.4) is 0 Å². The molecule has 0 radical (unpaired) electrons. The van der Waals surface area contributed by atoms with Gasteiger partial charge in [-0.15, -0.1) is 0 Å². The van der Waals surface area contributed by atoms with Crippen LogP contribution in [0.2, 0.25) is 0 Å². The Labute approximate surface area is 511 Å². The van der Waals surface area contributed by atoms with Gasteiger partial charge in [0, 0.05) is 19.3 Å². The van der Waals surface area contributed by atoms with Crippen LogP contribution in [-0.4, -0.2) is 37.2 Å². The van der Waals surface area contributed by atoms with Crippen LogP contribution in [0.25, 0.3) is 0 Å². The third kappa shape index (κ3) is 68.2. The molecule has 6 nitrogen and oxygen atoms in total. The molecule has 0 saturated carbocycles. The number of rotatable bonds is 68. The van der Waals surface area contributed by atoms with Gasteiger partial charge in [0.15, 0.2) is 6.10 Å². The second-order valence-electron chi connectivity index (χ2n) is 24.8. The monoisotopic (exact) mass is 1150 g/mol. The highest BCUT2D eigenvalue weighted by atomic mass is 16.6. The molecule has 0 amide bonds. The summed E-state index contributed by atoms with van der Waals surface area (Å²) in [4.78, 5) is 38.4. The smallest absolute Gasteiger partial charge is 0.306 e. The molecule has 82 heavy (non-hydrogen) atoms. The SMILES string of the molecule is CC/C=C\C/C=C\C/C=C\CCCCCC(=O)OCC(COC(=O)CCCCCCCCCCCCCCCCCCCCCCCCCCCCCCCCCCCC)OC(=O)CCCCCCCCC/C=C\CCCCCCCC. The first kappa shape index (κ1) is 79.4. The maximum absolute atomic E-state index is 12.9. The molecule has 0 heterocycles. The lowest BCUT2D eigenvalue weighted by Crippen LogP contribution is -2.30. The van der Waals surface area contributed by atoms with Crippen molar-refractivity contribution in [2.45, 2.75) is 406 Å². The summed E-state index contributed by atoms with van der Waals surface area (Å²) in [6.07, 6.45) is 90.4. The fourth-order valence-electron chi connectivity index (χ4n) is 11.1. The number of allylic oxidation sites excluding steroid dienone is 8. The van der Waals surface area contributed by atoms with Crippen molar-refractivity contribution in [2.75, 3.05) is 13.2 Å². The molecule has 0 aromatic rings. The Kier molecular flexibility index (Phi) is 68.6. The van der Waals surface area contributed by atoms with Gasteiger partial charge in [-0.3, -0.25) is 14.4 Å². The van der Waals surface area contributed by atoms with Crippen molar-refractivity contribution in [1.82, 2.24) is 0 Å². The van der Waals surface area contributed by atoms with E-state index in [1.54, 1.807) is 0 Å². The third-order valence-electron chi connectivity index (χ3n) is 16.6. The number of ether oxygens (including phenoxy) is 3. The topological polar surface area (TPSA) is 78.9 Å². The minimum Gasteiger partial charge on any atom is -0.462 e. The Morgan fingerprint density at radius 1 is 0.256 bits per heavy atom. The summed E-state index contributed by atoms with van der Waals surface area (Å²) >= 11 is 0. The second-order valence-corrected chi connectivity index (χ2v) is 24.8. The molecule has 0 aromatic heterocycles. The van der Waals surface area contributed by atoms with E-state index < -0.39 is 6.10 Å². The molecule has 0 aliphatic rings. The molecule has 0 aromatic carbocycles. The van der Waals surface area contributed by atoms with Gasteiger partial charge in [0.25, 0.3) is 0 Å². The maximum Gasteiger partial charge on any atom is 0.306 e. The summed E-state index contributed by atoms with van der Waals surface area (Å²) < 4.78 is 16.9. The normalized spacial score (nSPS) is 12.3. The Morgan fingerprint density at radius 2 is 0.476 bits per heavy atom. The highest BCUT2D eigenvalue weighted by Crippen LogP contribution is 2.19. The maximum atomic E-state index is 12.9. The van der Waals surface area contributed by atoms with E-state index in [1.807, 2.05) is 0 Å². The standard InChI is InChI=1S/C76H140O6/c1-4-7-10-13-16-19-22-25-27-29-30-31-32-33-34-35-36-37-38-39-40-41-42-43-44-45-47-48-51-54-57-60-63-66-69-75(78)81-72-73(71-80-74(77)68-65-62-59-56-53-50-24-21-18-15-12-9-6-3)82-76(79)70-67-64-61-58-55-52-49-46-28-26-23-20-17-14-11-8-5-2/h9,12,18,21,26,28,50,53,73H,4-8,10-11,13-17,19-20,22-25,27,29-49,51-52,54-72H2,1-3H3/b12-9-,21-18-,28-26-,53-50-. The summed E-state index contributed by atoms with van der Waals surface area (Å²) in [6.45, 7) is 6.56. The highest BCUT2D eigenvalue weighted by Gasteiger charge is 2.19. The van der Waals surface area contributed by atoms with E-state index >= 15 is 0 Å². The zero-order chi connectivity index (χ0) is 59.2. The number of hydrogen-bond acceptors (Lipinski definition) is 6. The average Bonchev–Trinajstić information content (AvgIpc) is 3.47. The number of unbranched alkanes of at least 4 members (excludes halogenated alkanes) is 49. The minimum absolute atomic E-state index is 0.0806. The number of carbonyl (C=O) groups is 3. The summed E-state index contributed by atoms with van der Waals surface area (Å²) in [7, 11) is 0. The molecule has 0 N–H and O–H groups in total. The molecule has 0 fully saturated rings. The van der Waals surface area contributed by atoms with Crippen LogP contribution in [-0.2, 0) is 28.6 Å². The lowest BCUT2D eigenvalue weighted by Gasteiger charge is -2.18. The quantitative estimate of drug-likeness (QED) is 0.0261. The number of hydrogen-bond donors (Lipinski definition) is 0. The van der Waals surface area contributed by atoms with E-state index in [0.29, 0.717) is 19.3 Å². The molecule has 480 valence electrons. The molecular weight excluding hydrogens is 1010 g/mol. The largest absolute Gasteiger partial charge is 0.462 e. The molecule has 0 spiro atoms. The molecule has 1 unspecified atom stereocenters. The zero-order valence-corrected chi connectivity index (χ0v) is 55.3. The molecular formula is C76H140O6. The molecule has 0 aliphatic carbocycles. The molecule has 0 aliphatic heterocycles. The molecule has 1 atom stereocenters. The van der Waals surface area contributed by atoms with Gasteiger partial charge in [-0.2, -0.15) is 0 Å². The zero-order valence-electron chi connectivity index (χ0n) is 55.3. The lowest BCUT2D eigenvalue weighted by atomic mass is 10.0. The van der Waals surface area contributed by atoms with E-state index in [9.17, 15) is 14.4 Å². The van der Waals surface area contributed by atoms with Crippen LogP contribution in [0.4, 0.5) is 0 Å². The summed E-state index contributed by atoms with van der Waals surface area (Å²) in [6, 6.07) is 0. The van der Waals surface area contributed by atoms with Gasteiger partial charge in [0.1, 0.15) is 13.2 Å². The number of esters is 3. The molecule has 6 heteroatoms. The van der Waals surface area contributed by atoms with Gasteiger partial charge in [0.2, 0.25) is 0 Å². The van der Waals surface area contributed by atoms with E-state index in [-0.39, 0.29) is 31.1 Å². The van der Waals surface area contributed by atoms with E-state index in [0.717, 1.165) is 83.5 Å². The highest BCUT2D eigenvalue weighted by molar-refractivity contribution is 5.71.